The molecular formula is C17H20F4N2O3. The first-order valence-corrected chi connectivity index (χ1v) is 8.41. The maximum Gasteiger partial charge on any atom is 0.427 e. The first-order chi connectivity index (χ1) is 12.3. The molecule has 1 aromatic rings. The predicted octanol–water partition coefficient (Wildman–Crippen LogP) is 2.53. The van der Waals surface area contributed by atoms with Crippen LogP contribution in [0.25, 0.3) is 0 Å². The van der Waals surface area contributed by atoms with Crippen molar-refractivity contribution in [2.24, 2.45) is 0 Å². The monoisotopic (exact) mass is 376 g/mol. The fourth-order valence-corrected chi connectivity index (χ4v) is 3.66. The SMILES string of the molecule is O=C(OC(CO)C(F)(F)F)N1C2CCC1CN(Cc1ccc(F)cc1)C2. The summed E-state index contributed by atoms with van der Waals surface area (Å²) in [6.45, 7) is 0.310. The third kappa shape index (κ3) is 4.09. The minimum absolute atomic E-state index is 0.228. The first-order valence-electron chi connectivity index (χ1n) is 8.41. The number of benzene rings is 1. The van der Waals surface area contributed by atoms with Crippen LogP contribution in [-0.4, -0.2) is 65.1 Å². The maximum absolute atomic E-state index is 13.0. The van der Waals surface area contributed by atoms with E-state index in [-0.39, 0.29) is 17.9 Å². The van der Waals surface area contributed by atoms with Crippen LogP contribution < -0.4 is 0 Å². The van der Waals surface area contributed by atoms with Gasteiger partial charge in [0.1, 0.15) is 5.82 Å². The van der Waals surface area contributed by atoms with Gasteiger partial charge in [-0.1, -0.05) is 12.1 Å². The Bertz CT molecular complexity index is 624. The number of rotatable bonds is 4. The van der Waals surface area contributed by atoms with Crippen LogP contribution in [0, 0.1) is 5.82 Å². The largest absolute Gasteiger partial charge is 0.434 e. The van der Waals surface area contributed by atoms with Crippen LogP contribution in [0.15, 0.2) is 24.3 Å². The lowest BCUT2D eigenvalue weighted by molar-refractivity contribution is -0.215. The van der Waals surface area contributed by atoms with Gasteiger partial charge < -0.3 is 9.84 Å². The number of ether oxygens (including phenoxy) is 1. The number of hydrogen-bond donors (Lipinski definition) is 1. The number of nitrogens with zero attached hydrogens (tertiary/aromatic N) is 2. The van der Waals surface area contributed by atoms with Crippen LogP contribution in [0.1, 0.15) is 18.4 Å². The second-order valence-electron chi connectivity index (χ2n) is 6.71. The Morgan fingerprint density at radius 3 is 2.27 bits per heavy atom. The molecule has 0 spiro atoms. The normalized spacial score (nSPS) is 24.6. The number of hydrogen-bond acceptors (Lipinski definition) is 4. The minimum Gasteiger partial charge on any atom is -0.434 e. The quantitative estimate of drug-likeness (QED) is 0.821. The van der Waals surface area contributed by atoms with Gasteiger partial charge in [0, 0.05) is 31.7 Å². The molecule has 0 aliphatic carbocycles. The van der Waals surface area contributed by atoms with Crippen molar-refractivity contribution in [3.05, 3.63) is 35.6 Å². The Kier molecular flexibility index (Phi) is 5.38. The highest BCUT2D eigenvalue weighted by atomic mass is 19.4. The second-order valence-corrected chi connectivity index (χ2v) is 6.71. The van der Waals surface area contributed by atoms with Crippen molar-refractivity contribution in [1.82, 2.24) is 9.80 Å². The molecule has 1 N–H and O–H groups in total. The van der Waals surface area contributed by atoms with Crippen LogP contribution in [0.2, 0.25) is 0 Å². The van der Waals surface area contributed by atoms with Crippen LogP contribution in [0.4, 0.5) is 22.4 Å². The maximum atomic E-state index is 13.0. The number of fused-ring (bicyclic) bond motifs is 2. The van der Waals surface area contributed by atoms with Crippen molar-refractivity contribution in [3.63, 3.8) is 0 Å². The predicted molar refractivity (Wildman–Crippen MR) is 83.7 cm³/mol. The van der Waals surface area contributed by atoms with Gasteiger partial charge in [-0.25, -0.2) is 9.18 Å². The highest BCUT2D eigenvalue weighted by Gasteiger charge is 2.47. The summed E-state index contributed by atoms with van der Waals surface area (Å²) >= 11 is 0. The molecule has 9 heteroatoms. The number of halogens is 4. The molecule has 0 saturated carbocycles. The van der Waals surface area contributed by atoms with E-state index in [1.54, 1.807) is 12.1 Å². The minimum atomic E-state index is -4.80. The zero-order chi connectivity index (χ0) is 18.9. The summed E-state index contributed by atoms with van der Waals surface area (Å²) in [6, 6.07) is 5.68. The van der Waals surface area contributed by atoms with Crippen molar-refractivity contribution in [2.75, 3.05) is 19.7 Å². The van der Waals surface area contributed by atoms with E-state index in [1.807, 2.05) is 0 Å². The fraction of sp³-hybridized carbons (Fsp3) is 0.588. The molecule has 1 aromatic carbocycles. The number of aliphatic hydroxyl groups is 1. The first kappa shape index (κ1) is 18.9. The fourth-order valence-electron chi connectivity index (χ4n) is 3.66. The van der Waals surface area contributed by atoms with Gasteiger partial charge in [-0.05, 0) is 30.5 Å². The molecular weight excluding hydrogens is 356 g/mol. The van der Waals surface area contributed by atoms with E-state index >= 15 is 0 Å². The lowest BCUT2D eigenvalue weighted by atomic mass is 10.1. The summed E-state index contributed by atoms with van der Waals surface area (Å²) in [5, 5.41) is 8.83. The third-order valence-corrected chi connectivity index (χ3v) is 4.86. The number of carbonyl (C=O) groups excluding carboxylic acids is 1. The molecule has 2 heterocycles. The number of piperazine rings is 1. The molecule has 2 aliphatic rings. The van der Waals surface area contributed by atoms with Gasteiger partial charge in [-0.3, -0.25) is 9.80 Å². The Morgan fingerprint density at radius 1 is 1.19 bits per heavy atom. The van der Waals surface area contributed by atoms with Crippen molar-refractivity contribution in [3.8, 4) is 0 Å². The van der Waals surface area contributed by atoms with Gasteiger partial charge in [0.2, 0.25) is 6.10 Å². The molecule has 3 rings (SSSR count). The standard InChI is InChI=1S/C17H20F4N2O3/c18-12-3-1-11(2-4-12)7-22-8-13-5-6-14(9-22)23(13)16(25)26-15(10-24)17(19,20)21/h1-4,13-15,24H,5-10H2. The summed E-state index contributed by atoms with van der Waals surface area (Å²) in [5.41, 5.74) is 0.930. The average molecular weight is 376 g/mol. The van der Waals surface area contributed by atoms with Crippen LogP contribution in [0.5, 0.6) is 0 Å². The average Bonchev–Trinajstić information content (AvgIpc) is 2.84. The van der Waals surface area contributed by atoms with Crippen molar-refractivity contribution in [1.29, 1.82) is 0 Å². The molecule has 2 bridgehead atoms. The number of aliphatic hydroxyl groups excluding tert-OH is 1. The van der Waals surface area contributed by atoms with Crippen LogP contribution >= 0.6 is 0 Å². The van der Waals surface area contributed by atoms with Gasteiger partial charge in [0.05, 0.1) is 6.61 Å². The van der Waals surface area contributed by atoms with Gasteiger partial charge in [0.15, 0.2) is 0 Å². The topological polar surface area (TPSA) is 53.0 Å². The number of likely N-dealkylation sites (tertiary alicyclic amines) is 1. The van der Waals surface area contributed by atoms with E-state index in [4.69, 9.17) is 5.11 Å². The molecule has 2 aliphatic heterocycles. The summed E-state index contributed by atoms with van der Waals surface area (Å²) in [5.74, 6) is -0.315. The molecule has 2 fully saturated rings. The zero-order valence-corrected chi connectivity index (χ0v) is 14.0. The summed E-state index contributed by atoms with van der Waals surface area (Å²) in [7, 11) is 0. The highest BCUT2D eigenvalue weighted by molar-refractivity contribution is 5.69. The van der Waals surface area contributed by atoms with E-state index in [1.165, 1.54) is 17.0 Å². The number of carbonyl (C=O) groups is 1. The summed E-state index contributed by atoms with van der Waals surface area (Å²) in [6.07, 6.45) is -6.96. The number of amides is 1. The molecule has 0 radical (unpaired) electrons. The molecule has 0 aromatic heterocycles. The Hall–Kier alpha value is -1.87. The lowest BCUT2D eigenvalue weighted by Crippen LogP contribution is -2.56. The van der Waals surface area contributed by atoms with E-state index in [0.717, 1.165) is 5.56 Å². The molecule has 3 atom stereocenters. The second kappa shape index (κ2) is 7.40. The van der Waals surface area contributed by atoms with Crippen LogP contribution in [0.3, 0.4) is 0 Å². The van der Waals surface area contributed by atoms with Crippen molar-refractivity contribution >= 4 is 6.09 Å². The van der Waals surface area contributed by atoms with E-state index < -0.39 is 25.0 Å². The Labute approximate surface area is 148 Å². The molecule has 1 amide bonds. The lowest BCUT2D eigenvalue weighted by Gasteiger charge is -2.40. The Morgan fingerprint density at radius 2 is 1.77 bits per heavy atom. The van der Waals surface area contributed by atoms with Gasteiger partial charge in [-0.2, -0.15) is 13.2 Å². The molecule has 5 nitrogen and oxygen atoms in total. The van der Waals surface area contributed by atoms with Gasteiger partial charge >= 0.3 is 12.3 Å². The molecule has 26 heavy (non-hydrogen) atoms. The number of alkyl halides is 3. The molecule has 144 valence electrons. The third-order valence-electron chi connectivity index (χ3n) is 4.86. The highest BCUT2D eigenvalue weighted by Crippen LogP contribution is 2.33. The van der Waals surface area contributed by atoms with Gasteiger partial charge in [0.25, 0.3) is 0 Å². The molecule has 2 saturated heterocycles. The van der Waals surface area contributed by atoms with E-state index in [2.05, 4.69) is 9.64 Å². The van der Waals surface area contributed by atoms with Gasteiger partial charge in [-0.15, -0.1) is 0 Å². The Balaban J connectivity index is 1.61. The van der Waals surface area contributed by atoms with Crippen molar-refractivity contribution in [2.45, 2.75) is 43.8 Å². The summed E-state index contributed by atoms with van der Waals surface area (Å²) in [4.78, 5) is 15.7. The smallest absolute Gasteiger partial charge is 0.427 e. The van der Waals surface area contributed by atoms with E-state index in [0.29, 0.717) is 32.5 Å². The zero-order valence-electron chi connectivity index (χ0n) is 14.0. The summed E-state index contributed by atoms with van der Waals surface area (Å²) < 4.78 is 55.6. The van der Waals surface area contributed by atoms with Crippen molar-refractivity contribution < 1.29 is 32.2 Å². The molecule has 3 unspecified atom stereocenters. The van der Waals surface area contributed by atoms with E-state index in [9.17, 15) is 22.4 Å². The van der Waals surface area contributed by atoms with Crippen LogP contribution in [-0.2, 0) is 11.3 Å².